The first kappa shape index (κ1) is 14.9. The average molecular weight is 296 g/mol. The predicted octanol–water partition coefficient (Wildman–Crippen LogP) is 4.05. The third kappa shape index (κ3) is 2.80. The van der Waals surface area contributed by atoms with Gasteiger partial charge in [-0.2, -0.15) is 5.10 Å². The van der Waals surface area contributed by atoms with E-state index in [9.17, 15) is 4.39 Å². The fraction of sp³-hybridized carbons (Fsp3) is 0.400. The van der Waals surface area contributed by atoms with Crippen LogP contribution in [-0.4, -0.2) is 9.78 Å². The van der Waals surface area contributed by atoms with E-state index in [4.69, 9.17) is 17.3 Å². The van der Waals surface area contributed by atoms with Gasteiger partial charge >= 0.3 is 0 Å². The summed E-state index contributed by atoms with van der Waals surface area (Å²) in [6, 6.07) is 4.35. The maximum atomic E-state index is 13.2. The van der Waals surface area contributed by atoms with Crippen LogP contribution >= 0.6 is 11.6 Å². The predicted molar refractivity (Wildman–Crippen MR) is 81.2 cm³/mol. The van der Waals surface area contributed by atoms with E-state index < -0.39 is 0 Å². The van der Waals surface area contributed by atoms with E-state index in [-0.39, 0.29) is 5.82 Å². The Bertz CT molecular complexity index is 622. The van der Waals surface area contributed by atoms with Crippen LogP contribution in [0.25, 0.3) is 11.1 Å². The van der Waals surface area contributed by atoms with E-state index >= 15 is 0 Å². The zero-order chi connectivity index (χ0) is 14.9. The molecule has 1 heterocycles. The monoisotopic (exact) mass is 295 g/mol. The van der Waals surface area contributed by atoms with Crippen LogP contribution in [0.4, 0.5) is 10.2 Å². The van der Waals surface area contributed by atoms with Crippen LogP contribution in [0.5, 0.6) is 0 Å². The highest BCUT2D eigenvalue weighted by Gasteiger charge is 2.19. The Balaban J connectivity index is 2.54. The second-order valence-electron chi connectivity index (χ2n) is 5.17. The van der Waals surface area contributed by atoms with Crippen molar-refractivity contribution in [2.24, 2.45) is 13.0 Å². The third-order valence-electron chi connectivity index (χ3n) is 3.60. The van der Waals surface area contributed by atoms with Crippen molar-refractivity contribution >= 4 is 17.4 Å². The van der Waals surface area contributed by atoms with Crippen LogP contribution in [0.3, 0.4) is 0 Å². The van der Waals surface area contributed by atoms with Gasteiger partial charge in [0.25, 0.3) is 0 Å². The Hall–Kier alpha value is -1.55. The van der Waals surface area contributed by atoms with E-state index in [1.54, 1.807) is 17.8 Å². The molecule has 0 aliphatic rings. The average Bonchev–Trinajstić information content (AvgIpc) is 2.66. The number of benzene rings is 1. The van der Waals surface area contributed by atoms with Crippen molar-refractivity contribution in [2.75, 3.05) is 5.73 Å². The molecule has 0 saturated heterocycles. The SMILES string of the molecule is CCC(C)Cc1nn(C)c(N)c1-c1ccc(F)cc1Cl. The minimum atomic E-state index is -0.357. The van der Waals surface area contributed by atoms with Gasteiger partial charge in [0.1, 0.15) is 11.6 Å². The molecule has 0 saturated carbocycles. The lowest BCUT2D eigenvalue weighted by atomic mass is 9.97. The first-order chi connectivity index (χ1) is 9.43. The minimum absolute atomic E-state index is 0.357. The van der Waals surface area contributed by atoms with Crippen molar-refractivity contribution in [2.45, 2.75) is 26.7 Å². The molecule has 1 aromatic carbocycles. The third-order valence-corrected chi connectivity index (χ3v) is 3.92. The number of aryl methyl sites for hydroxylation is 1. The highest BCUT2D eigenvalue weighted by Crippen LogP contribution is 2.36. The lowest BCUT2D eigenvalue weighted by Gasteiger charge is -2.09. The van der Waals surface area contributed by atoms with Gasteiger partial charge in [-0.1, -0.05) is 31.9 Å². The summed E-state index contributed by atoms with van der Waals surface area (Å²) in [5.41, 5.74) is 8.57. The molecule has 2 aromatic rings. The molecule has 1 aromatic heterocycles. The van der Waals surface area contributed by atoms with Crippen LogP contribution < -0.4 is 5.73 Å². The van der Waals surface area contributed by atoms with Crippen LogP contribution in [-0.2, 0) is 13.5 Å². The molecular formula is C15H19ClFN3. The summed E-state index contributed by atoms with van der Waals surface area (Å²) in [6.45, 7) is 4.31. The Morgan fingerprint density at radius 1 is 1.45 bits per heavy atom. The topological polar surface area (TPSA) is 43.8 Å². The van der Waals surface area contributed by atoms with Crippen molar-refractivity contribution in [3.63, 3.8) is 0 Å². The Kier molecular flexibility index (Phi) is 4.33. The standard InChI is InChI=1S/C15H19ClFN3/c1-4-9(2)7-13-14(15(18)20(3)19-13)11-6-5-10(17)8-12(11)16/h5-6,8-9H,4,7,18H2,1-3H3. The molecule has 0 amide bonds. The van der Waals surface area contributed by atoms with Gasteiger partial charge < -0.3 is 5.73 Å². The Labute approximate surface area is 123 Å². The molecule has 108 valence electrons. The molecule has 1 unspecified atom stereocenters. The van der Waals surface area contributed by atoms with E-state index in [0.29, 0.717) is 16.8 Å². The molecule has 1 atom stereocenters. The number of aromatic nitrogens is 2. The first-order valence-electron chi connectivity index (χ1n) is 6.70. The van der Waals surface area contributed by atoms with Crippen molar-refractivity contribution < 1.29 is 4.39 Å². The number of nitrogen functional groups attached to an aromatic ring is 1. The van der Waals surface area contributed by atoms with Gasteiger partial charge in [-0.15, -0.1) is 0 Å². The molecule has 2 N–H and O–H groups in total. The number of hydrogen-bond acceptors (Lipinski definition) is 2. The molecule has 0 spiro atoms. The highest BCUT2D eigenvalue weighted by atomic mass is 35.5. The molecule has 3 nitrogen and oxygen atoms in total. The molecule has 0 aliphatic carbocycles. The largest absolute Gasteiger partial charge is 0.383 e. The van der Waals surface area contributed by atoms with E-state index in [1.165, 1.54) is 12.1 Å². The zero-order valence-corrected chi connectivity index (χ0v) is 12.7. The lowest BCUT2D eigenvalue weighted by Crippen LogP contribution is -2.01. The fourth-order valence-corrected chi connectivity index (χ4v) is 2.46. The molecule has 0 bridgehead atoms. The molecular weight excluding hydrogens is 277 g/mol. The van der Waals surface area contributed by atoms with Crippen LogP contribution in [0, 0.1) is 11.7 Å². The van der Waals surface area contributed by atoms with Crippen molar-refractivity contribution in [1.82, 2.24) is 9.78 Å². The van der Waals surface area contributed by atoms with Crippen molar-refractivity contribution in [3.8, 4) is 11.1 Å². The number of rotatable bonds is 4. The van der Waals surface area contributed by atoms with Gasteiger partial charge in [-0.3, -0.25) is 4.68 Å². The van der Waals surface area contributed by atoms with Gasteiger partial charge in [0.15, 0.2) is 0 Å². The van der Waals surface area contributed by atoms with Gasteiger partial charge in [-0.05, 0) is 30.5 Å². The van der Waals surface area contributed by atoms with E-state index in [1.807, 2.05) is 0 Å². The summed E-state index contributed by atoms with van der Waals surface area (Å²) in [6.07, 6.45) is 1.89. The molecule has 20 heavy (non-hydrogen) atoms. The summed E-state index contributed by atoms with van der Waals surface area (Å²) < 4.78 is 14.8. The van der Waals surface area contributed by atoms with Crippen LogP contribution in [0.2, 0.25) is 5.02 Å². The number of hydrogen-bond donors (Lipinski definition) is 1. The van der Waals surface area contributed by atoms with Gasteiger partial charge in [0.05, 0.1) is 10.7 Å². The normalized spacial score (nSPS) is 12.7. The minimum Gasteiger partial charge on any atom is -0.383 e. The smallest absolute Gasteiger partial charge is 0.129 e. The first-order valence-corrected chi connectivity index (χ1v) is 7.08. The quantitative estimate of drug-likeness (QED) is 0.925. The van der Waals surface area contributed by atoms with Crippen LogP contribution in [0.1, 0.15) is 26.0 Å². The fourth-order valence-electron chi connectivity index (χ4n) is 2.20. The summed E-state index contributed by atoms with van der Waals surface area (Å²) in [7, 11) is 1.80. The number of halogens is 2. The van der Waals surface area contributed by atoms with Crippen molar-refractivity contribution in [1.29, 1.82) is 0 Å². The van der Waals surface area contributed by atoms with Gasteiger partial charge in [-0.25, -0.2) is 4.39 Å². The summed E-state index contributed by atoms with van der Waals surface area (Å²) in [5.74, 6) is 0.698. The summed E-state index contributed by atoms with van der Waals surface area (Å²) >= 11 is 6.16. The molecule has 2 rings (SSSR count). The maximum absolute atomic E-state index is 13.2. The molecule has 0 aliphatic heterocycles. The zero-order valence-electron chi connectivity index (χ0n) is 12.0. The second kappa shape index (κ2) is 5.83. The summed E-state index contributed by atoms with van der Waals surface area (Å²) in [5, 5.41) is 4.83. The van der Waals surface area contributed by atoms with E-state index in [2.05, 4.69) is 18.9 Å². The van der Waals surface area contributed by atoms with Crippen molar-refractivity contribution in [3.05, 3.63) is 34.7 Å². The lowest BCUT2D eigenvalue weighted by molar-refractivity contribution is 0.547. The maximum Gasteiger partial charge on any atom is 0.129 e. The Morgan fingerprint density at radius 3 is 2.75 bits per heavy atom. The second-order valence-corrected chi connectivity index (χ2v) is 5.58. The number of anilines is 1. The molecule has 5 heteroatoms. The summed E-state index contributed by atoms with van der Waals surface area (Å²) in [4.78, 5) is 0. The van der Waals surface area contributed by atoms with Crippen LogP contribution in [0.15, 0.2) is 18.2 Å². The number of nitrogens with two attached hydrogens (primary N) is 1. The van der Waals surface area contributed by atoms with Gasteiger partial charge in [0.2, 0.25) is 0 Å². The molecule has 0 radical (unpaired) electrons. The number of nitrogens with zero attached hydrogens (tertiary/aromatic N) is 2. The highest BCUT2D eigenvalue weighted by molar-refractivity contribution is 6.33. The Morgan fingerprint density at radius 2 is 2.15 bits per heavy atom. The van der Waals surface area contributed by atoms with E-state index in [0.717, 1.165) is 29.7 Å². The van der Waals surface area contributed by atoms with Gasteiger partial charge in [0, 0.05) is 18.2 Å². The molecule has 0 fully saturated rings.